The van der Waals surface area contributed by atoms with Crippen LogP contribution in [-0.4, -0.2) is 32.8 Å². The molecule has 0 aromatic heterocycles. The lowest BCUT2D eigenvalue weighted by molar-refractivity contribution is 0.179. The van der Waals surface area contributed by atoms with Crippen LogP contribution in [0.4, 0.5) is 0 Å². The summed E-state index contributed by atoms with van der Waals surface area (Å²) >= 11 is 5.90. The highest BCUT2D eigenvalue weighted by Crippen LogP contribution is 2.23. The number of nitrogens with zero attached hydrogens (tertiary/aromatic N) is 1. The molecule has 3 N–H and O–H groups in total. The Morgan fingerprint density at radius 2 is 2.21 bits per heavy atom. The molecule has 0 heterocycles. The number of ether oxygens (including phenoxy) is 2. The fourth-order valence-electron chi connectivity index (χ4n) is 1.61. The van der Waals surface area contributed by atoms with Crippen molar-refractivity contribution >= 4 is 17.6 Å². The summed E-state index contributed by atoms with van der Waals surface area (Å²) in [6.07, 6.45) is 0. The van der Waals surface area contributed by atoms with Gasteiger partial charge in [0.05, 0.1) is 20.3 Å². The van der Waals surface area contributed by atoms with Crippen molar-refractivity contribution in [1.82, 2.24) is 5.32 Å². The second kappa shape index (κ2) is 7.86. The van der Waals surface area contributed by atoms with E-state index in [1.807, 2.05) is 13.0 Å². The van der Waals surface area contributed by atoms with Crippen LogP contribution in [0.25, 0.3) is 0 Å². The molecule has 0 fully saturated rings. The SMILES string of the molecule is COCC(C)NC(N)=NCc1ccc(Cl)cc1OC. The third kappa shape index (κ3) is 5.36. The van der Waals surface area contributed by atoms with Gasteiger partial charge in [0.1, 0.15) is 5.75 Å². The second-order valence-electron chi connectivity index (χ2n) is 4.16. The first-order valence-electron chi connectivity index (χ1n) is 5.94. The molecular weight excluding hydrogens is 266 g/mol. The first kappa shape index (κ1) is 15.6. The molecule has 0 spiro atoms. The van der Waals surface area contributed by atoms with E-state index in [9.17, 15) is 0 Å². The largest absolute Gasteiger partial charge is 0.496 e. The topological polar surface area (TPSA) is 68.9 Å². The quantitative estimate of drug-likeness (QED) is 0.618. The van der Waals surface area contributed by atoms with E-state index in [1.165, 1.54) is 0 Å². The Morgan fingerprint density at radius 3 is 2.84 bits per heavy atom. The highest BCUT2D eigenvalue weighted by atomic mass is 35.5. The zero-order valence-electron chi connectivity index (χ0n) is 11.4. The molecule has 5 nitrogen and oxygen atoms in total. The van der Waals surface area contributed by atoms with E-state index < -0.39 is 0 Å². The molecule has 1 aromatic carbocycles. The molecule has 19 heavy (non-hydrogen) atoms. The van der Waals surface area contributed by atoms with Gasteiger partial charge in [0.2, 0.25) is 0 Å². The summed E-state index contributed by atoms with van der Waals surface area (Å²) in [6.45, 7) is 2.97. The minimum atomic E-state index is 0.112. The number of hydrogen-bond donors (Lipinski definition) is 2. The average Bonchev–Trinajstić information content (AvgIpc) is 2.37. The molecule has 0 aliphatic heterocycles. The normalized spacial score (nSPS) is 13.2. The summed E-state index contributed by atoms with van der Waals surface area (Å²) in [5.74, 6) is 1.08. The first-order chi connectivity index (χ1) is 9.06. The number of hydrogen-bond acceptors (Lipinski definition) is 3. The minimum absolute atomic E-state index is 0.112. The van der Waals surface area contributed by atoms with E-state index in [2.05, 4.69) is 10.3 Å². The van der Waals surface area contributed by atoms with E-state index in [0.29, 0.717) is 29.9 Å². The lowest BCUT2D eigenvalue weighted by Gasteiger charge is -2.13. The van der Waals surface area contributed by atoms with Crippen LogP contribution in [0, 0.1) is 0 Å². The van der Waals surface area contributed by atoms with Crippen LogP contribution in [0.1, 0.15) is 12.5 Å². The molecule has 1 unspecified atom stereocenters. The summed E-state index contributed by atoms with van der Waals surface area (Å²) in [7, 11) is 3.24. The smallest absolute Gasteiger partial charge is 0.189 e. The molecular formula is C13H20ClN3O2. The maximum atomic E-state index is 5.90. The van der Waals surface area contributed by atoms with Gasteiger partial charge in [0.15, 0.2) is 5.96 Å². The third-order valence-corrected chi connectivity index (χ3v) is 2.71. The van der Waals surface area contributed by atoms with E-state index in [1.54, 1.807) is 26.4 Å². The van der Waals surface area contributed by atoms with Gasteiger partial charge in [-0.05, 0) is 19.1 Å². The Labute approximate surface area is 118 Å². The summed E-state index contributed by atoms with van der Waals surface area (Å²) in [6, 6.07) is 5.53. The molecule has 0 amide bonds. The van der Waals surface area contributed by atoms with Crippen molar-refractivity contribution < 1.29 is 9.47 Å². The van der Waals surface area contributed by atoms with Crippen LogP contribution in [0.5, 0.6) is 5.75 Å². The molecule has 6 heteroatoms. The maximum Gasteiger partial charge on any atom is 0.189 e. The Bertz CT molecular complexity index is 438. The number of nitrogens with two attached hydrogens (primary N) is 1. The van der Waals surface area contributed by atoms with E-state index in [4.69, 9.17) is 26.8 Å². The molecule has 1 atom stereocenters. The third-order valence-electron chi connectivity index (χ3n) is 2.48. The fourth-order valence-corrected chi connectivity index (χ4v) is 1.77. The lowest BCUT2D eigenvalue weighted by atomic mass is 10.2. The standard InChI is InChI=1S/C13H20ClN3O2/c1-9(8-18-2)17-13(15)16-7-10-4-5-11(14)6-12(10)19-3/h4-6,9H,7-8H2,1-3H3,(H3,15,16,17). The molecule has 0 bridgehead atoms. The van der Waals surface area contributed by atoms with Gasteiger partial charge in [-0.3, -0.25) is 0 Å². The molecule has 0 saturated heterocycles. The average molecular weight is 286 g/mol. The van der Waals surface area contributed by atoms with Crippen LogP contribution in [0.2, 0.25) is 5.02 Å². The number of nitrogens with one attached hydrogen (secondary N) is 1. The highest BCUT2D eigenvalue weighted by Gasteiger charge is 2.05. The molecule has 1 rings (SSSR count). The van der Waals surface area contributed by atoms with Crippen molar-refractivity contribution in [1.29, 1.82) is 0 Å². The Balaban J connectivity index is 2.64. The number of benzene rings is 1. The highest BCUT2D eigenvalue weighted by molar-refractivity contribution is 6.30. The number of guanidine groups is 1. The van der Waals surface area contributed by atoms with Crippen molar-refractivity contribution in [2.24, 2.45) is 10.7 Å². The van der Waals surface area contributed by atoms with Gasteiger partial charge in [-0.15, -0.1) is 0 Å². The van der Waals surface area contributed by atoms with Crippen molar-refractivity contribution in [3.05, 3.63) is 28.8 Å². The van der Waals surface area contributed by atoms with Gasteiger partial charge in [0.25, 0.3) is 0 Å². The van der Waals surface area contributed by atoms with E-state index in [0.717, 1.165) is 5.56 Å². The maximum absolute atomic E-state index is 5.90. The van der Waals surface area contributed by atoms with Crippen molar-refractivity contribution in [2.45, 2.75) is 19.5 Å². The Kier molecular flexibility index (Phi) is 6.45. The lowest BCUT2D eigenvalue weighted by Crippen LogP contribution is -2.40. The van der Waals surface area contributed by atoms with Crippen LogP contribution in [-0.2, 0) is 11.3 Å². The first-order valence-corrected chi connectivity index (χ1v) is 6.32. The van der Waals surface area contributed by atoms with Gasteiger partial charge < -0.3 is 20.5 Å². The summed E-state index contributed by atoms with van der Waals surface area (Å²) in [4.78, 5) is 4.26. The summed E-state index contributed by atoms with van der Waals surface area (Å²) in [5.41, 5.74) is 6.72. The fraction of sp³-hybridized carbons (Fsp3) is 0.462. The molecule has 106 valence electrons. The van der Waals surface area contributed by atoms with Crippen LogP contribution in [0.3, 0.4) is 0 Å². The molecule has 0 radical (unpaired) electrons. The Hall–Kier alpha value is -1.46. The molecule has 0 aliphatic carbocycles. The van der Waals surface area contributed by atoms with Crippen LogP contribution >= 0.6 is 11.6 Å². The van der Waals surface area contributed by atoms with Crippen LogP contribution in [0.15, 0.2) is 23.2 Å². The number of aliphatic imine (C=N–C) groups is 1. The van der Waals surface area contributed by atoms with Gasteiger partial charge in [-0.2, -0.15) is 0 Å². The summed E-state index contributed by atoms with van der Waals surface area (Å²) in [5, 5.41) is 3.66. The second-order valence-corrected chi connectivity index (χ2v) is 4.59. The number of rotatable bonds is 6. The van der Waals surface area contributed by atoms with Gasteiger partial charge >= 0.3 is 0 Å². The minimum Gasteiger partial charge on any atom is -0.496 e. The number of halogens is 1. The zero-order valence-corrected chi connectivity index (χ0v) is 12.2. The summed E-state index contributed by atoms with van der Waals surface area (Å²) < 4.78 is 10.3. The van der Waals surface area contributed by atoms with Crippen LogP contribution < -0.4 is 15.8 Å². The zero-order chi connectivity index (χ0) is 14.3. The van der Waals surface area contributed by atoms with Crippen molar-refractivity contribution in [2.75, 3.05) is 20.8 Å². The predicted molar refractivity (Wildman–Crippen MR) is 77.8 cm³/mol. The van der Waals surface area contributed by atoms with E-state index >= 15 is 0 Å². The monoisotopic (exact) mass is 285 g/mol. The molecule has 0 aliphatic rings. The van der Waals surface area contributed by atoms with Gasteiger partial charge in [-0.25, -0.2) is 4.99 Å². The van der Waals surface area contributed by atoms with Crippen molar-refractivity contribution in [3.8, 4) is 5.75 Å². The Morgan fingerprint density at radius 1 is 1.47 bits per heavy atom. The number of methoxy groups -OCH3 is 2. The van der Waals surface area contributed by atoms with Gasteiger partial charge in [-0.1, -0.05) is 17.7 Å². The van der Waals surface area contributed by atoms with E-state index in [-0.39, 0.29) is 6.04 Å². The van der Waals surface area contributed by atoms with Crippen molar-refractivity contribution in [3.63, 3.8) is 0 Å². The predicted octanol–water partition coefficient (Wildman–Crippen LogP) is 1.79. The van der Waals surface area contributed by atoms with Gasteiger partial charge in [0, 0.05) is 23.7 Å². The molecule has 0 saturated carbocycles. The molecule has 1 aromatic rings.